The van der Waals surface area contributed by atoms with E-state index in [-0.39, 0.29) is 6.10 Å². The van der Waals surface area contributed by atoms with Crippen LogP contribution in [0.15, 0.2) is 48.5 Å². The Morgan fingerprint density at radius 1 is 1.06 bits per heavy atom. The molecule has 0 radical (unpaired) electrons. The minimum Gasteiger partial charge on any atom is -0.486 e. The van der Waals surface area contributed by atoms with Gasteiger partial charge in [0, 0.05) is 5.69 Å². The zero-order valence-electron chi connectivity index (χ0n) is 10.2. The van der Waals surface area contributed by atoms with Gasteiger partial charge in [0.25, 0.3) is 0 Å². The van der Waals surface area contributed by atoms with E-state index in [2.05, 4.69) is 0 Å². The van der Waals surface area contributed by atoms with E-state index in [0.29, 0.717) is 0 Å². The van der Waals surface area contributed by atoms with Crippen LogP contribution in [-0.2, 0) is 0 Å². The Kier molecular flexibility index (Phi) is 3.33. The molecule has 0 heterocycles. The largest absolute Gasteiger partial charge is 0.486 e. The van der Waals surface area contributed by atoms with E-state index in [9.17, 15) is 0 Å². The fourth-order valence-electron chi connectivity index (χ4n) is 1.76. The van der Waals surface area contributed by atoms with Crippen molar-refractivity contribution in [3.8, 4) is 5.75 Å². The molecule has 2 rings (SSSR count). The van der Waals surface area contributed by atoms with Crippen LogP contribution >= 0.6 is 0 Å². The molecular formula is C15H17NO. The first-order valence-electron chi connectivity index (χ1n) is 5.74. The number of hydrogen-bond acceptors (Lipinski definition) is 2. The van der Waals surface area contributed by atoms with Crippen LogP contribution < -0.4 is 10.5 Å². The van der Waals surface area contributed by atoms with Crippen LogP contribution in [0.4, 0.5) is 5.69 Å². The number of hydrogen-bond donors (Lipinski definition) is 1. The lowest BCUT2D eigenvalue weighted by atomic mass is 10.1. The summed E-state index contributed by atoms with van der Waals surface area (Å²) < 4.78 is 5.93. The summed E-state index contributed by atoms with van der Waals surface area (Å²) in [6.45, 7) is 4.07. The highest BCUT2D eigenvalue weighted by Gasteiger charge is 2.08. The standard InChI is InChI=1S/C15H17NO/c1-11-6-3-4-9-15(11)17-12(2)13-7-5-8-14(16)10-13/h3-10,12H,16H2,1-2H3. The van der Waals surface area contributed by atoms with Gasteiger partial charge in [-0.15, -0.1) is 0 Å². The van der Waals surface area contributed by atoms with Gasteiger partial charge in [-0.05, 0) is 43.2 Å². The molecule has 0 aliphatic rings. The molecule has 2 nitrogen and oxygen atoms in total. The fourth-order valence-corrected chi connectivity index (χ4v) is 1.76. The molecule has 17 heavy (non-hydrogen) atoms. The van der Waals surface area contributed by atoms with Crippen molar-refractivity contribution < 1.29 is 4.74 Å². The number of aryl methyl sites for hydroxylation is 1. The summed E-state index contributed by atoms with van der Waals surface area (Å²) in [5, 5.41) is 0. The normalized spacial score (nSPS) is 12.1. The zero-order valence-corrected chi connectivity index (χ0v) is 10.2. The molecule has 1 atom stereocenters. The number of anilines is 1. The van der Waals surface area contributed by atoms with Crippen molar-refractivity contribution in [1.29, 1.82) is 0 Å². The summed E-state index contributed by atoms with van der Waals surface area (Å²) in [6, 6.07) is 15.8. The fraction of sp³-hybridized carbons (Fsp3) is 0.200. The number of nitrogen functional groups attached to an aromatic ring is 1. The Balaban J connectivity index is 2.17. The quantitative estimate of drug-likeness (QED) is 0.811. The Labute approximate surface area is 102 Å². The van der Waals surface area contributed by atoms with Crippen LogP contribution in [0.25, 0.3) is 0 Å². The van der Waals surface area contributed by atoms with Crippen LogP contribution in [0.3, 0.4) is 0 Å². The Hall–Kier alpha value is -1.96. The first-order chi connectivity index (χ1) is 8.16. The Morgan fingerprint density at radius 2 is 1.82 bits per heavy atom. The highest BCUT2D eigenvalue weighted by molar-refractivity contribution is 5.42. The molecule has 2 aromatic rings. The van der Waals surface area contributed by atoms with E-state index in [1.165, 1.54) is 0 Å². The second kappa shape index (κ2) is 4.91. The lowest BCUT2D eigenvalue weighted by Crippen LogP contribution is -2.04. The summed E-state index contributed by atoms with van der Waals surface area (Å²) in [6.07, 6.45) is -0.000370. The molecule has 0 fully saturated rings. The minimum atomic E-state index is -0.000370. The van der Waals surface area contributed by atoms with Gasteiger partial charge in [-0.3, -0.25) is 0 Å². The van der Waals surface area contributed by atoms with Gasteiger partial charge in [-0.1, -0.05) is 30.3 Å². The molecule has 0 aliphatic carbocycles. The van der Waals surface area contributed by atoms with E-state index in [1.54, 1.807) is 0 Å². The molecule has 2 heteroatoms. The van der Waals surface area contributed by atoms with Crippen molar-refractivity contribution in [3.63, 3.8) is 0 Å². The summed E-state index contributed by atoms with van der Waals surface area (Å²) >= 11 is 0. The van der Waals surface area contributed by atoms with Crippen molar-refractivity contribution in [2.75, 3.05) is 5.73 Å². The van der Waals surface area contributed by atoms with E-state index in [0.717, 1.165) is 22.6 Å². The smallest absolute Gasteiger partial charge is 0.123 e. The highest BCUT2D eigenvalue weighted by Crippen LogP contribution is 2.25. The van der Waals surface area contributed by atoms with Gasteiger partial charge >= 0.3 is 0 Å². The van der Waals surface area contributed by atoms with Gasteiger partial charge in [0.05, 0.1) is 0 Å². The molecule has 0 saturated carbocycles. The first kappa shape index (κ1) is 11.5. The van der Waals surface area contributed by atoms with Gasteiger partial charge in [0.1, 0.15) is 11.9 Å². The Morgan fingerprint density at radius 3 is 2.53 bits per heavy atom. The van der Waals surface area contributed by atoms with Crippen LogP contribution in [-0.4, -0.2) is 0 Å². The van der Waals surface area contributed by atoms with Crippen molar-refractivity contribution in [1.82, 2.24) is 0 Å². The Bertz CT molecular complexity index is 508. The number of ether oxygens (including phenoxy) is 1. The molecule has 0 bridgehead atoms. The molecule has 0 aliphatic heterocycles. The summed E-state index contributed by atoms with van der Waals surface area (Å²) in [5.41, 5.74) is 8.76. The van der Waals surface area contributed by atoms with Gasteiger partial charge < -0.3 is 10.5 Å². The lowest BCUT2D eigenvalue weighted by Gasteiger charge is -2.17. The number of para-hydroxylation sites is 1. The van der Waals surface area contributed by atoms with Crippen molar-refractivity contribution in [2.45, 2.75) is 20.0 Å². The van der Waals surface area contributed by atoms with Gasteiger partial charge in [-0.2, -0.15) is 0 Å². The van der Waals surface area contributed by atoms with Gasteiger partial charge in [0.2, 0.25) is 0 Å². The molecule has 0 aromatic heterocycles. The van der Waals surface area contributed by atoms with Crippen LogP contribution in [0, 0.1) is 6.92 Å². The van der Waals surface area contributed by atoms with Crippen molar-refractivity contribution in [2.24, 2.45) is 0 Å². The molecule has 2 N–H and O–H groups in total. The van der Waals surface area contributed by atoms with Gasteiger partial charge in [-0.25, -0.2) is 0 Å². The topological polar surface area (TPSA) is 35.2 Å². The average molecular weight is 227 g/mol. The van der Waals surface area contributed by atoms with E-state index in [4.69, 9.17) is 10.5 Å². The van der Waals surface area contributed by atoms with Crippen LogP contribution in [0.2, 0.25) is 0 Å². The first-order valence-corrected chi connectivity index (χ1v) is 5.74. The van der Waals surface area contributed by atoms with Crippen LogP contribution in [0.5, 0.6) is 5.75 Å². The maximum Gasteiger partial charge on any atom is 0.123 e. The van der Waals surface area contributed by atoms with Crippen molar-refractivity contribution >= 4 is 5.69 Å². The number of rotatable bonds is 3. The monoisotopic (exact) mass is 227 g/mol. The molecule has 2 aromatic carbocycles. The van der Waals surface area contributed by atoms with E-state index >= 15 is 0 Å². The second-order valence-corrected chi connectivity index (χ2v) is 4.20. The average Bonchev–Trinajstić information content (AvgIpc) is 2.32. The number of benzene rings is 2. The van der Waals surface area contributed by atoms with Crippen molar-refractivity contribution in [3.05, 3.63) is 59.7 Å². The lowest BCUT2D eigenvalue weighted by molar-refractivity contribution is 0.225. The van der Waals surface area contributed by atoms with E-state index < -0.39 is 0 Å². The third kappa shape index (κ3) is 2.78. The summed E-state index contributed by atoms with van der Waals surface area (Å²) in [4.78, 5) is 0. The predicted octanol–water partition coefficient (Wildman–Crippen LogP) is 3.72. The molecule has 88 valence electrons. The maximum atomic E-state index is 5.93. The minimum absolute atomic E-state index is 0.000370. The predicted molar refractivity (Wildman–Crippen MR) is 71.1 cm³/mol. The van der Waals surface area contributed by atoms with Crippen LogP contribution in [0.1, 0.15) is 24.2 Å². The molecule has 0 spiro atoms. The molecular weight excluding hydrogens is 210 g/mol. The third-order valence-corrected chi connectivity index (χ3v) is 2.78. The van der Waals surface area contributed by atoms with E-state index in [1.807, 2.05) is 62.4 Å². The molecule has 1 unspecified atom stereocenters. The second-order valence-electron chi connectivity index (χ2n) is 4.20. The molecule has 0 saturated heterocycles. The SMILES string of the molecule is Cc1ccccc1OC(C)c1cccc(N)c1. The molecule has 0 amide bonds. The maximum absolute atomic E-state index is 5.93. The third-order valence-electron chi connectivity index (χ3n) is 2.78. The highest BCUT2D eigenvalue weighted by atomic mass is 16.5. The summed E-state index contributed by atoms with van der Waals surface area (Å²) in [5.74, 6) is 0.919. The van der Waals surface area contributed by atoms with Gasteiger partial charge in [0.15, 0.2) is 0 Å². The summed E-state index contributed by atoms with van der Waals surface area (Å²) in [7, 11) is 0. The number of nitrogens with two attached hydrogens (primary N) is 1. The zero-order chi connectivity index (χ0) is 12.3.